The lowest BCUT2D eigenvalue weighted by Crippen LogP contribution is -2.51. The van der Waals surface area contributed by atoms with E-state index in [1.54, 1.807) is 27.7 Å². The zero-order valence-corrected chi connectivity index (χ0v) is 15.5. The first-order valence-electron chi connectivity index (χ1n) is 8.33. The first-order chi connectivity index (χ1) is 11.5. The molecule has 25 heavy (non-hydrogen) atoms. The number of nitrogens with zero attached hydrogens (tertiary/aromatic N) is 1. The SMILES string of the molecule is CNC(=O)[C@H](C)NC(=O)CNC(=O)[C@@H]1CCCN1C(=O)OC(C)(C)C. The fourth-order valence-electron chi connectivity index (χ4n) is 2.44. The van der Waals surface area contributed by atoms with Crippen LogP contribution in [0.25, 0.3) is 0 Å². The van der Waals surface area contributed by atoms with Crippen molar-refractivity contribution >= 4 is 23.8 Å². The quantitative estimate of drug-likeness (QED) is 0.628. The zero-order chi connectivity index (χ0) is 19.2. The van der Waals surface area contributed by atoms with E-state index in [1.807, 2.05) is 0 Å². The minimum Gasteiger partial charge on any atom is -0.444 e. The van der Waals surface area contributed by atoms with Gasteiger partial charge >= 0.3 is 6.09 Å². The summed E-state index contributed by atoms with van der Waals surface area (Å²) in [7, 11) is 1.47. The average molecular weight is 356 g/mol. The van der Waals surface area contributed by atoms with Crippen molar-refractivity contribution in [1.29, 1.82) is 0 Å². The van der Waals surface area contributed by atoms with Gasteiger partial charge in [-0.3, -0.25) is 19.3 Å². The summed E-state index contributed by atoms with van der Waals surface area (Å²) in [6, 6.07) is -1.35. The maximum atomic E-state index is 12.3. The van der Waals surface area contributed by atoms with E-state index >= 15 is 0 Å². The molecule has 0 radical (unpaired) electrons. The number of nitrogens with one attached hydrogen (secondary N) is 3. The first kappa shape index (κ1) is 20.7. The van der Waals surface area contributed by atoms with E-state index in [-0.39, 0.29) is 12.5 Å². The van der Waals surface area contributed by atoms with Crippen molar-refractivity contribution in [1.82, 2.24) is 20.9 Å². The van der Waals surface area contributed by atoms with Gasteiger partial charge in [-0.1, -0.05) is 0 Å². The molecule has 1 saturated heterocycles. The molecule has 4 amide bonds. The number of carbonyl (C=O) groups excluding carboxylic acids is 4. The van der Waals surface area contributed by atoms with Crippen molar-refractivity contribution < 1.29 is 23.9 Å². The molecule has 1 aliphatic heterocycles. The van der Waals surface area contributed by atoms with Crippen molar-refractivity contribution in [2.75, 3.05) is 20.1 Å². The minimum absolute atomic E-state index is 0.265. The highest BCUT2D eigenvalue weighted by molar-refractivity contribution is 5.92. The smallest absolute Gasteiger partial charge is 0.410 e. The second-order valence-electron chi connectivity index (χ2n) is 6.95. The van der Waals surface area contributed by atoms with Gasteiger partial charge in [0.1, 0.15) is 17.7 Å². The van der Waals surface area contributed by atoms with Crippen LogP contribution >= 0.6 is 0 Å². The highest BCUT2D eigenvalue weighted by Gasteiger charge is 2.36. The van der Waals surface area contributed by atoms with Crippen molar-refractivity contribution in [3.8, 4) is 0 Å². The molecule has 2 atom stereocenters. The van der Waals surface area contributed by atoms with Gasteiger partial charge in [-0.2, -0.15) is 0 Å². The maximum absolute atomic E-state index is 12.3. The molecule has 1 rings (SSSR count). The molecule has 0 aromatic carbocycles. The number of hydrogen-bond donors (Lipinski definition) is 3. The Balaban J connectivity index is 2.51. The molecule has 1 fully saturated rings. The molecular formula is C16H28N4O5. The lowest BCUT2D eigenvalue weighted by molar-refractivity contribution is -0.130. The van der Waals surface area contributed by atoms with Crippen molar-refractivity contribution in [3.63, 3.8) is 0 Å². The van der Waals surface area contributed by atoms with E-state index < -0.39 is 35.6 Å². The Labute approximate surface area is 147 Å². The van der Waals surface area contributed by atoms with Gasteiger partial charge in [-0.25, -0.2) is 4.79 Å². The third kappa shape index (κ3) is 6.60. The lowest BCUT2D eigenvalue weighted by atomic mass is 10.2. The molecule has 9 heteroatoms. The minimum atomic E-state index is -0.695. The predicted molar refractivity (Wildman–Crippen MR) is 90.6 cm³/mol. The Morgan fingerprint density at radius 1 is 1.24 bits per heavy atom. The van der Waals surface area contributed by atoms with Gasteiger partial charge in [0.2, 0.25) is 17.7 Å². The molecule has 3 N–H and O–H groups in total. The predicted octanol–water partition coefficient (Wildman–Crippen LogP) is -0.247. The Morgan fingerprint density at radius 2 is 1.88 bits per heavy atom. The van der Waals surface area contributed by atoms with Crippen LogP contribution in [0.4, 0.5) is 4.79 Å². The maximum Gasteiger partial charge on any atom is 0.410 e. The lowest BCUT2D eigenvalue weighted by Gasteiger charge is -2.28. The largest absolute Gasteiger partial charge is 0.444 e. The zero-order valence-electron chi connectivity index (χ0n) is 15.5. The number of hydrogen-bond acceptors (Lipinski definition) is 5. The Kier molecular flexibility index (Phi) is 7.20. The third-order valence-corrected chi connectivity index (χ3v) is 3.62. The van der Waals surface area contributed by atoms with E-state index in [0.717, 1.165) is 0 Å². The molecule has 0 aromatic rings. The fourth-order valence-corrected chi connectivity index (χ4v) is 2.44. The van der Waals surface area contributed by atoms with E-state index in [2.05, 4.69) is 16.0 Å². The molecule has 0 aromatic heterocycles. The standard InChI is InChI=1S/C16H28N4O5/c1-10(13(22)17-5)19-12(21)9-18-14(23)11-7-6-8-20(11)15(24)25-16(2,3)4/h10-11H,6-9H2,1-5H3,(H,17,22)(H,18,23)(H,19,21)/t10-,11-/m0/s1. The Hall–Kier alpha value is -2.32. The van der Waals surface area contributed by atoms with E-state index in [4.69, 9.17) is 4.74 Å². The third-order valence-electron chi connectivity index (χ3n) is 3.62. The molecule has 0 unspecified atom stereocenters. The second-order valence-corrected chi connectivity index (χ2v) is 6.95. The summed E-state index contributed by atoms with van der Waals surface area (Å²) >= 11 is 0. The molecule has 0 aliphatic carbocycles. The molecule has 9 nitrogen and oxygen atoms in total. The van der Waals surface area contributed by atoms with Crippen LogP contribution in [-0.4, -0.2) is 66.5 Å². The summed E-state index contributed by atoms with van der Waals surface area (Å²) in [6.45, 7) is 6.99. The van der Waals surface area contributed by atoms with Gasteiger partial charge in [0, 0.05) is 13.6 Å². The molecule has 1 aliphatic rings. The van der Waals surface area contributed by atoms with Gasteiger partial charge in [-0.05, 0) is 40.5 Å². The topological polar surface area (TPSA) is 117 Å². The Bertz CT molecular complexity index is 529. The first-order valence-corrected chi connectivity index (χ1v) is 8.33. The summed E-state index contributed by atoms with van der Waals surface area (Å²) in [5.74, 6) is -1.22. The molecule has 0 spiro atoms. The Morgan fingerprint density at radius 3 is 2.44 bits per heavy atom. The van der Waals surface area contributed by atoms with Crippen LogP contribution in [-0.2, 0) is 19.1 Å². The van der Waals surface area contributed by atoms with E-state index in [1.165, 1.54) is 11.9 Å². The molecule has 1 heterocycles. The second kappa shape index (κ2) is 8.68. The number of carbonyl (C=O) groups is 4. The number of likely N-dealkylation sites (N-methyl/N-ethyl adjacent to an activating group) is 1. The number of amides is 4. The molecular weight excluding hydrogens is 328 g/mol. The monoisotopic (exact) mass is 356 g/mol. The van der Waals surface area contributed by atoms with Gasteiger partial charge in [0.15, 0.2) is 0 Å². The van der Waals surface area contributed by atoms with Crippen LogP contribution < -0.4 is 16.0 Å². The molecule has 142 valence electrons. The number of ether oxygens (including phenoxy) is 1. The van der Waals surface area contributed by atoms with Crippen molar-refractivity contribution in [3.05, 3.63) is 0 Å². The van der Waals surface area contributed by atoms with Crippen LogP contribution in [0.1, 0.15) is 40.5 Å². The fraction of sp³-hybridized carbons (Fsp3) is 0.750. The van der Waals surface area contributed by atoms with Crippen molar-refractivity contribution in [2.45, 2.75) is 58.2 Å². The van der Waals surface area contributed by atoms with Gasteiger partial charge in [0.05, 0.1) is 6.54 Å². The summed E-state index contributed by atoms with van der Waals surface area (Å²) in [6.07, 6.45) is 0.668. The highest BCUT2D eigenvalue weighted by atomic mass is 16.6. The highest BCUT2D eigenvalue weighted by Crippen LogP contribution is 2.20. The molecule has 0 saturated carbocycles. The van der Waals surface area contributed by atoms with Crippen LogP contribution in [0.3, 0.4) is 0 Å². The van der Waals surface area contributed by atoms with Gasteiger partial charge in [0.25, 0.3) is 0 Å². The number of rotatable bonds is 5. The van der Waals surface area contributed by atoms with E-state index in [9.17, 15) is 19.2 Å². The number of likely N-dealkylation sites (tertiary alicyclic amines) is 1. The average Bonchev–Trinajstić information content (AvgIpc) is 2.99. The normalized spacial score (nSPS) is 18.3. The van der Waals surface area contributed by atoms with Crippen LogP contribution in [0, 0.1) is 0 Å². The van der Waals surface area contributed by atoms with Gasteiger partial charge in [-0.15, -0.1) is 0 Å². The summed E-state index contributed by atoms with van der Waals surface area (Å²) in [4.78, 5) is 49.0. The van der Waals surface area contributed by atoms with Crippen LogP contribution in [0.5, 0.6) is 0 Å². The summed E-state index contributed by atoms with van der Waals surface area (Å²) < 4.78 is 5.30. The molecule has 0 bridgehead atoms. The van der Waals surface area contributed by atoms with Crippen LogP contribution in [0.15, 0.2) is 0 Å². The van der Waals surface area contributed by atoms with E-state index in [0.29, 0.717) is 19.4 Å². The van der Waals surface area contributed by atoms with Crippen LogP contribution in [0.2, 0.25) is 0 Å². The summed E-state index contributed by atoms with van der Waals surface area (Å²) in [5.41, 5.74) is -0.642. The summed E-state index contributed by atoms with van der Waals surface area (Å²) in [5, 5.41) is 7.39. The van der Waals surface area contributed by atoms with Crippen molar-refractivity contribution in [2.24, 2.45) is 0 Å². The van der Waals surface area contributed by atoms with Gasteiger partial charge < -0.3 is 20.7 Å².